The van der Waals surface area contributed by atoms with Crippen molar-refractivity contribution in [3.63, 3.8) is 0 Å². The third kappa shape index (κ3) is 2.06. The minimum absolute atomic E-state index is 0.0250. The molecule has 3 heteroatoms. The van der Waals surface area contributed by atoms with E-state index in [-0.39, 0.29) is 26.9 Å². The molecule has 0 unspecified atom stereocenters. The molecular formula is C6H5Br2N. The van der Waals surface area contributed by atoms with Crippen molar-refractivity contribution in [2.24, 2.45) is 0 Å². The van der Waals surface area contributed by atoms with Crippen molar-refractivity contribution in [2.75, 3.05) is 0 Å². The lowest BCUT2D eigenvalue weighted by atomic mass is 10.4. The SMILES string of the molecule is [2H]c1c(Br)nc(C([2H])([2H])[2H])c([2H])c1Br. The number of pyridine rings is 1. The molecule has 0 saturated carbocycles. The molecule has 0 aromatic carbocycles. The van der Waals surface area contributed by atoms with Gasteiger partial charge in [0.15, 0.2) is 0 Å². The van der Waals surface area contributed by atoms with E-state index in [2.05, 4.69) is 36.8 Å². The summed E-state index contributed by atoms with van der Waals surface area (Å²) in [5.41, 5.74) is -0.313. The van der Waals surface area contributed by atoms with Gasteiger partial charge in [0.1, 0.15) is 4.60 Å². The monoisotopic (exact) mass is 254 g/mol. The fourth-order valence-electron chi connectivity index (χ4n) is 0.380. The van der Waals surface area contributed by atoms with E-state index in [9.17, 15) is 0 Å². The molecule has 0 amide bonds. The van der Waals surface area contributed by atoms with Crippen LogP contribution < -0.4 is 0 Å². The minimum Gasteiger partial charge on any atom is -0.246 e. The zero-order valence-corrected chi connectivity index (χ0v) is 7.38. The maximum Gasteiger partial charge on any atom is 0.107 e. The van der Waals surface area contributed by atoms with Crippen molar-refractivity contribution in [1.29, 1.82) is 0 Å². The van der Waals surface area contributed by atoms with Crippen LogP contribution in [0.15, 0.2) is 21.2 Å². The Bertz CT molecular complexity index is 375. The van der Waals surface area contributed by atoms with Gasteiger partial charge < -0.3 is 0 Å². The van der Waals surface area contributed by atoms with Crippen molar-refractivity contribution in [3.05, 3.63) is 26.9 Å². The summed E-state index contributed by atoms with van der Waals surface area (Å²) in [6, 6.07) is -0.291. The van der Waals surface area contributed by atoms with E-state index in [1.807, 2.05) is 0 Å². The van der Waals surface area contributed by atoms with Crippen LogP contribution in [0.4, 0.5) is 0 Å². The maximum atomic E-state index is 7.48. The first-order chi connectivity index (χ1) is 6.25. The van der Waals surface area contributed by atoms with Gasteiger partial charge in [-0.05, 0) is 34.9 Å². The molecule has 1 nitrogen and oxygen atoms in total. The molecule has 0 saturated heterocycles. The van der Waals surface area contributed by atoms with Gasteiger partial charge in [0.25, 0.3) is 0 Å². The number of nitrogens with zero attached hydrogens (tertiary/aromatic N) is 1. The Kier molecular flexibility index (Phi) is 0.935. The fraction of sp³-hybridized carbons (Fsp3) is 0.167. The number of rotatable bonds is 0. The van der Waals surface area contributed by atoms with Crippen LogP contribution in [-0.4, -0.2) is 4.98 Å². The van der Waals surface area contributed by atoms with Crippen molar-refractivity contribution in [3.8, 4) is 0 Å². The van der Waals surface area contributed by atoms with Gasteiger partial charge in [-0.25, -0.2) is 4.98 Å². The summed E-state index contributed by atoms with van der Waals surface area (Å²) in [6.45, 7) is -2.43. The smallest absolute Gasteiger partial charge is 0.107 e. The summed E-state index contributed by atoms with van der Waals surface area (Å²) in [5, 5.41) is 0. The second-order valence-electron chi connectivity index (χ2n) is 1.32. The molecule has 0 aliphatic carbocycles. The zero-order valence-electron chi connectivity index (χ0n) is 9.20. The first-order valence-corrected chi connectivity index (χ1v) is 3.66. The Morgan fingerprint density at radius 2 is 2.44 bits per heavy atom. The van der Waals surface area contributed by atoms with Crippen molar-refractivity contribution in [1.82, 2.24) is 4.98 Å². The van der Waals surface area contributed by atoms with E-state index in [1.54, 1.807) is 0 Å². The van der Waals surface area contributed by atoms with Crippen LogP contribution in [0, 0.1) is 6.85 Å². The molecule has 0 spiro atoms. The molecule has 0 atom stereocenters. The standard InChI is InChI=1S/C6H5Br2N/c1-4-2-5(7)3-6(8)9-4/h2-3H,1H3/i1D3,2D,3D. The van der Waals surface area contributed by atoms with Gasteiger partial charge in [-0.1, -0.05) is 15.9 Å². The Hall–Kier alpha value is 0.110. The predicted octanol–water partition coefficient (Wildman–Crippen LogP) is 2.92. The summed E-state index contributed by atoms with van der Waals surface area (Å²) in [6.07, 6.45) is 0. The average molecular weight is 256 g/mol. The van der Waals surface area contributed by atoms with Crippen LogP contribution in [0.1, 0.15) is 12.5 Å². The average Bonchev–Trinajstić information content (AvgIpc) is 2.06. The number of halogens is 2. The van der Waals surface area contributed by atoms with Crippen molar-refractivity contribution in [2.45, 2.75) is 6.85 Å². The van der Waals surface area contributed by atoms with E-state index >= 15 is 0 Å². The quantitative estimate of drug-likeness (QED) is 0.650. The molecule has 48 valence electrons. The molecule has 0 aliphatic rings. The molecule has 0 aliphatic heterocycles. The summed E-state index contributed by atoms with van der Waals surface area (Å²) in [5.74, 6) is 0. The predicted molar refractivity (Wildman–Crippen MR) is 44.4 cm³/mol. The summed E-state index contributed by atoms with van der Waals surface area (Å²) >= 11 is 5.94. The lowest BCUT2D eigenvalue weighted by molar-refractivity contribution is 1.16. The van der Waals surface area contributed by atoms with Crippen LogP contribution in [-0.2, 0) is 0 Å². The normalized spacial score (nSPS) is 19.1. The summed E-state index contributed by atoms with van der Waals surface area (Å²) in [7, 11) is 0. The van der Waals surface area contributed by atoms with Gasteiger partial charge >= 0.3 is 0 Å². The molecular weight excluding hydrogens is 246 g/mol. The maximum absolute atomic E-state index is 7.48. The highest BCUT2D eigenvalue weighted by Crippen LogP contribution is 2.15. The second kappa shape index (κ2) is 2.80. The molecule has 1 rings (SSSR count). The largest absolute Gasteiger partial charge is 0.246 e. The summed E-state index contributed by atoms with van der Waals surface area (Å²) < 4.78 is 36.5. The van der Waals surface area contributed by atoms with E-state index in [1.165, 1.54) is 0 Å². The topological polar surface area (TPSA) is 12.9 Å². The van der Waals surface area contributed by atoms with E-state index in [4.69, 9.17) is 6.85 Å². The highest BCUT2D eigenvalue weighted by atomic mass is 79.9. The van der Waals surface area contributed by atoms with Gasteiger partial charge in [0.05, 0.1) is 2.74 Å². The molecule has 0 bridgehead atoms. The lowest BCUT2D eigenvalue weighted by Gasteiger charge is -1.93. The highest BCUT2D eigenvalue weighted by molar-refractivity contribution is 9.11. The van der Waals surface area contributed by atoms with E-state index < -0.39 is 6.85 Å². The molecule has 0 fully saturated rings. The molecule has 9 heavy (non-hydrogen) atoms. The summed E-state index contributed by atoms with van der Waals surface area (Å²) in [4.78, 5) is 3.65. The third-order valence-corrected chi connectivity index (χ3v) is 1.42. The van der Waals surface area contributed by atoms with Crippen LogP contribution >= 0.6 is 31.9 Å². The first-order valence-electron chi connectivity index (χ1n) is 4.58. The zero-order chi connectivity index (χ0) is 11.1. The third-order valence-electron chi connectivity index (χ3n) is 0.651. The Morgan fingerprint density at radius 1 is 1.67 bits per heavy atom. The van der Waals surface area contributed by atoms with Crippen LogP contribution in [0.3, 0.4) is 0 Å². The lowest BCUT2D eigenvalue weighted by Crippen LogP contribution is -1.79. The van der Waals surface area contributed by atoms with Gasteiger partial charge in [-0.2, -0.15) is 0 Å². The van der Waals surface area contributed by atoms with Crippen molar-refractivity contribution >= 4 is 31.9 Å². The minimum atomic E-state index is -2.43. The van der Waals surface area contributed by atoms with Crippen molar-refractivity contribution < 1.29 is 6.85 Å². The number of hydrogen-bond acceptors (Lipinski definition) is 1. The molecule has 1 aromatic rings. The number of aromatic nitrogens is 1. The van der Waals surface area contributed by atoms with E-state index in [0.29, 0.717) is 0 Å². The van der Waals surface area contributed by atoms with Crippen LogP contribution in [0.5, 0.6) is 0 Å². The van der Waals surface area contributed by atoms with Gasteiger partial charge in [0, 0.05) is 14.3 Å². The van der Waals surface area contributed by atoms with Gasteiger partial charge in [0.2, 0.25) is 0 Å². The van der Waals surface area contributed by atoms with Gasteiger partial charge in [-0.3, -0.25) is 0 Å². The highest BCUT2D eigenvalue weighted by Gasteiger charge is 1.91. The first kappa shape index (κ1) is 3.01. The Morgan fingerprint density at radius 3 is 3.11 bits per heavy atom. The van der Waals surface area contributed by atoms with Crippen LogP contribution in [0.25, 0.3) is 0 Å². The van der Waals surface area contributed by atoms with E-state index in [0.717, 1.165) is 0 Å². The fourth-order valence-corrected chi connectivity index (χ4v) is 1.40. The second-order valence-corrected chi connectivity index (χ2v) is 2.86. The van der Waals surface area contributed by atoms with Gasteiger partial charge in [-0.15, -0.1) is 0 Å². The molecule has 1 heterocycles. The number of aryl methyl sites for hydroxylation is 1. The van der Waals surface area contributed by atoms with Crippen LogP contribution in [0.2, 0.25) is 0 Å². The molecule has 0 N–H and O–H groups in total. The Balaban J connectivity index is 3.49. The molecule has 1 aromatic heterocycles. The number of hydrogen-bond donors (Lipinski definition) is 0. The molecule has 0 radical (unpaired) electrons. The Labute approximate surface area is 77.8 Å².